The summed E-state index contributed by atoms with van der Waals surface area (Å²) >= 11 is 0. The lowest BCUT2D eigenvalue weighted by molar-refractivity contribution is -0.137. The van der Waals surface area contributed by atoms with Gasteiger partial charge >= 0.3 is 6.18 Å². The van der Waals surface area contributed by atoms with Crippen molar-refractivity contribution in [2.75, 3.05) is 5.32 Å². The maximum atomic E-state index is 14.3. The van der Waals surface area contributed by atoms with Gasteiger partial charge in [0.05, 0.1) is 16.9 Å². The number of halogens is 5. The molecule has 2 aliphatic heterocycles. The minimum atomic E-state index is -4.51. The molecule has 47 heavy (non-hydrogen) atoms. The number of amides is 2. The molecule has 4 aromatic rings. The first-order chi connectivity index (χ1) is 22.1. The van der Waals surface area contributed by atoms with Gasteiger partial charge in [-0.3, -0.25) is 19.5 Å². The summed E-state index contributed by atoms with van der Waals surface area (Å²) in [5.41, 5.74) is 1.53. The van der Waals surface area contributed by atoms with Gasteiger partial charge in [0.2, 0.25) is 5.91 Å². The molecule has 2 aliphatic rings. The standard InChI is InChI=1S/C34H33F5N6O2/c1-18-20(3)44(21(4)19(2)43(18)30-26-11-8-24(33(5,35)36)16-27(26)41-31(30)46)32(47)28-17-29(22-12-14-40-15-13-22)45(42-28)25-9-6-23(7-10-25)34(37,38)39/h6-21,30H,1-5H3,(H,41,46). The Labute approximate surface area is 268 Å². The van der Waals surface area contributed by atoms with Crippen LogP contribution < -0.4 is 5.32 Å². The Morgan fingerprint density at radius 2 is 1.40 bits per heavy atom. The van der Waals surface area contributed by atoms with E-state index in [1.54, 1.807) is 41.6 Å². The Hall–Kier alpha value is -4.65. The van der Waals surface area contributed by atoms with E-state index in [0.717, 1.165) is 19.1 Å². The zero-order valence-electron chi connectivity index (χ0n) is 26.3. The summed E-state index contributed by atoms with van der Waals surface area (Å²) < 4.78 is 69.3. The topological polar surface area (TPSA) is 83.4 Å². The molecule has 0 bridgehead atoms. The predicted molar refractivity (Wildman–Crippen MR) is 165 cm³/mol. The van der Waals surface area contributed by atoms with Crippen molar-refractivity contribution in [1.29, 1.82) is 0 Å². The summed E-state index contributed by atoms with van der Waals surface area (Å²) in [6.45, 7) is 8.39. The monoisotopic (exact) mass is 652 g/mol. The highest BCUT2D eigenvalue weighted by atomic mass is 19.4. The summed E-state index contributed by atoms with van der Waals surface area (Å²) in [4.78, 5) is 35.4. The van der Waals surface area contributed by atoms with Crippen molar-refractivity contribution in [3.8, 4) is 16.9 Å². The molecule has 2 aromatic carbocycles. The number of alkyl halides is 5. The van der Waals surface area contributed by atoms with Crippen molar-refractivity contribution in [3.05, 3.63) is 95.4 Å². The number of hydrogen-bond acceptors (Lipinski definition) is 5. The van der Waals surface area contributed by atoms with Crippen LogP contribution in [0.15, 0.2) is 73.1 Å². The summed E-state index contributed by atoms with van der Waals surface area (Å²) in [6, 6.07) is 11.5. The fourth-order valence-corrected chi connectivity index (χ4v) is 6.69. The first kappa shape index (κ1) is 32.3. The van der Waals surface area contributed by atoms with Gasteiger partial charge < -0.3 is 10.2 Å². The van der Waals surface area contributed by atoms with Crippen LogP contribution >= 0.6 is 0 Å². The van der Waals surface area contributed by atoms with Crippen LogP contribution in [0.5, 0.6) is 0 Å². The van der Waals surface area contributed by atoms with Crippen LogP contribution in [-0.2, 0) is 16.9 Å². The second-order valence-electron chi connectivity index (χ2n) is 12.3. The Kier molecular flexibility index (Phi) is 7.94. The Morgan fingerprint density at radius 1 is 0.809 bits per heavy atom. The van der Waals surface area contributed by atoms with Crippen molar-refractivity contribution >= 4 is 17.5 Å². The molecular weight excluding hydrogens is 619 g/mol. The normalized spacial score (nSPS) is 23.5. The zero-order valence-corrected chi connectivity index (χ0v) is 26.3. The fraction of sp³-hybridized carbons (Fsp3) is 0.353. The number of carbonyl (C=O) groups is 2. The van der Waals surface area contributed by atoms with Gasteiger partial charge in [-0.2, -0.15) is 18.3 Å². The Morgan fingerprint density at radius 3 is 1.98 bits per heavy atom. The largest absolute Gasteiger partial charge is 0.416 e. The maximum absolute atomic E-state index is 14.3. The van der Waals surface area contributed by atoms with Crippen LogP contribution in [0.25, 0.3) is 16.9 Å². The van der Waals surface area contributed by atoms with E-state index in [9.17, 15) is 31.5 Å². The number of pyridine rings is 1. The van der Waals surface area contributed by atoms with E-state index < -0.39 is 35.8 Å². The number of carbonyl (C=O) groups excluding carboxylic acids is 2. The van der Waals surface area contributed by atoms with Crippen molar-refractivity contribution in [2.24, 2.45) is 0 Å². The molecule has 5 unspecified atom stereocenters. The van der Waals surface area contributed by atoms with E-state index in [-0.39, 0.29) is 35.2 Å². The number of piperazine rings is 1. The van der Waals surface area contributed by atoms with E-state index in [1.165, 1.54) is 28.9 Å². The molecule has 1 fully saturated rings. The van der Waals surface area contributed by atoms with Gasteiger partial charge in [0, 0.05) is 65.9 Å². The third-order valence-electron chi connectivity index (χ3n) is 9.45. The lowest BCUT2D eigenvalue weighted by Gasteiger charge is -2.54. The van der Waals surface area contributed by atoms with Gasteiger partial charge in [-0.1, -0.05) is 12.1 Å². The van der Waals surface area contributed by atoms with Crippen molar-refractivity contribution in [3.63, 3.8) is 0 Å². The molecule has 5 atom stereocenters. The van der Waals surface area contributed by atoms with Crippen molar-refractivity contribution in [1.82, 2.24) is 24.6 Å². The van der Waals surface area contributed by atoms with Gasteiger partial charge in [-0.15, -0.1) is 0 Å². The Balaban J connectivity index is 1.33. The molecule has 13 heteroatoms. The average Bonchev–Trinajstić information content (AvgIpc) is 3.61. The number of fused-ring (bicyclic) bond motifs is 1. The molecule has 6 rings (SSSR count). The summed E-state index contributed by atoms with van der Waals surface area (Å²) in [5, 5.41) is 7.36. The quantitative estimate of drug-likeness (QED) is 0.233. The van der Waals surface area contributed by atoms with Crippen LogP contribution in [0.4, 0.5) is 27.6 Å². The van der Waals surface area contributed by atoms with Crippen molar-refractivity contribution in [2.45, 2.75) is 76.9 Å². The SMILES string of the molecule is CC1C(C)N(C2C(=O)Nc3cc(C(C)(F)F)ccc32)C(C)C(C)N1C(=O)c1cc(-c2ccncc2)n(-c2ccc(C(F)(F)F)cc2)n1. The second-order valence-corrected chi connectivity index (χ2v) is 12.3. The third-order valence-corrected chi connectivity index (χ3v) is 9.45. The number of anilines is 1. The first-order valence-electron chi connectivity index (χ1n) is 15.2. The molecule has 0 spiro atoms. The van der Waals surface area contributed by atoms with Gasteiger partial charge in [-0.05, 0) is 76.2 Å². The number of nitrogens with zero attached hydrogens (tertiary/aromatic N) is 5. The van der Waals surface area contributed by atoms with E-state index in [0.29, 0.717) is 28.2 Å². The maximum Gasteiger partial charge on any atom is 0.416 e. The predicted octanol–water partition coefficient (Wildman–Crippen LogP) is 7.07. The molecule has 0 saturated carbocycles. The van der Waals surface area contributed by atoms with Gasteiger partial charge in [0.25, 0.3) is 11.8 Å². The minimum absolute atomic E-state index is 0.0974. The van der Waals surface area contributed by atoms with Crippen molar-refractivity contribution < 1.29 is 31.5 Å². The first-order valence-corrected chi connectivity index (χ1v) is 15.2. The molecular formula is C34H33F5N6O2. The number of rotatable bonds is 5. The molecule has 2 aromatic heterocycles. The highest BCUT2D eigenvalue weighted by Gasteiger charge is 2.49. The molecule has 0 radical (unpaired) electrons. The zero-order chi connectivity index (χ0) is 34.0. The van der Waals surface area contributed by atoms with Gasteiger partial charge in [-0.25, -0.2) is 13.5 Å². The lowest BCUT2D eigenvalue weighted by Crippen LogP contribution is -2.67. The lowest BCUT2D eigenvalue weighted by atomic mass is 9.90. The van der Waals surface area contributed by atoms with Gasteiger partial charge in [0.1, 0.15) is 6.04 Å². The fourth-order valence-electron chi connectivity index (χ4n) is 6.69. The molecule has 0 aliphatic carbocycles. The molecule has 1 saturated heterocycles. The average molecular weight is 653 g/mol. The minimum Gasteiger partial charge on any atom is -0.329 e. The highest BCUT2D eigenvalue weighted by molar-refractivity contribution is 6.03. The Bertz CT molecular complexity index is 1800. The van der Waals surface area contributed by atoms with E-state index in [4.69, 9.17) is 0 Å². The molecule has 4 heterocycles. The number of nitrogens with one attached hydrogen (secondary N) is 1. The van der Waals surface area contributed by atoms with Crippen LogP contribution in [0.3, 0.4) is 0 Å². The van der Waals surface area contributed by atoms with E-state index in [1.807, 2.05) is 32.6 Å². The van der Waals surface area contributed by atoms with Crippen LogP contribution in [0.1, 0.15) is 67.8 Å². The molecule has 8 nitrogen and oxygen atoms in total. The number of benzene rings is 2. The van der Waals surface area contributed by atoms with Gasteiger partial charge in [0.15, 0.2) is 5.69 Å². The van der Waals surface area contributed by atoms with Crippen LogP contribution in [0.2, 0.25) is 0 Å². The second kappa shape index (κ2) is 11.5. The summed E-state index contributed by atoms with van der Waals surface area (Å²) in [7, 11) is 0. The van der Waals surface area contributed by atoms with Crippen LogP contribution in [-0.4, -0.2) is 60.5 Å². The third kappa shape index (κ3) is 5.66. The highest BCUT2D eigenvalue weighted by Crippen LogP contribution is 2.43. The van der Waals surface area contributed by atoms with E-state index in [2.05, 4.69) is 15.4 Å². The summed E-state index contributed by atoms with van der Waals surface area (Å²) in [5.74, 6) is -3.77. The molecule has 1 N–H and O–H groups in total. The number of aromatic nitrogens is 3. The van der Waals surface area contributed by atoms with E-state index >= 15 is 0 Å². The molecule has 2 amide bonds. The smallest absolute Gasteiger partial charge is 0.329 e. The summed E-state index contributed by atoms with van der Waals surface area (Å²) in [6.07, 6.45) is -1.37. The van der Waals surface area contributed by atoms with Crippen LogP contribution in [0, 0.1) is 0 Å². The number of hydrogen-bond donors (Lipinski definition) is 1. The molecule has 246 valence electrons.